The second kappa shape index (κ2) is 16.6. The molecule has 6 nitrogen and oxygen atoms in total. The van der Waals surface area contributed by atoms with Crippen LogP contribution in [0.2, 0.25) is 0 Å². The molecule has 1 aliphatic heterocycles. The number of esters is 3. The molecule has 6 heteroatoms. The molecule has 6 unspecified atom stereocenters. The first kappa shape index (κ1) is 33.6. The van der Waals surface area contributed by atoms with Gasteiger partial charge in [-0.2, -0.15) is 0 Å². The Morgan fingerprint density at radius 2 is 1.38 bits per heavy atom. The van der Waals surface area contributed by atoms with Gasteiger partial charge in [-0.05, 0) is 56.8 Å². The van der Waals surface area contributed by atoms with Gasteiger partial charge >= 0.3 is 17.9 Å². The molecule has 226 valence electrons. The van der Waals surface area contributed by atoms with Gasteiger partial charge in [-0.3, -0.25) is 14.4 Å². The molecule has 0 aromatic carbocycles. The zero-order chi connectivity index (χ0) is 28.9. The van der Waals surface area contributed by atoms with Crippen LogP contribution < -0.4 is 0 Å². The van der Waals surface area contributed by atoms with Gasteiger partial charge in [-0.15, -0.1) is 0 Å². The summed E-state index contributed by atoms with van der Waals surface area (Å²) in [5, 5.41) is 0. The highest BCUT2D eigenvalue weighted by molar-refractivity contribution is 5.86. The van der Waals surface area contributed by atoms with E-state index < -0.39 is 17.3 Å². The molecule has 1 saturated carbocycles. The SMILES string of the molecule is CCCCC(CC)COC(=O)C1CCC2(CC1C(=O)OCC(CC)CCCC)C(=O)OCC2(CC)CCCC. The van der Waals surface area contributed by atoms with Gasteiger partial charge in [0.15, 0.2) is 0 Å². The van der Waals surface area contributed by atoms with Gasteiger partial charge in [-0.1, -0.05) is 92.9 Å². The molecular weight excluding hydrogens is 492 g/mol. The van der Waals surface area contributed by atoms with Crippen molar-refractivity contribution in [3.05, 3.63) is 0 Å². The number of hydrogen-bond acceptors (Lipinski definition) is 6. The highest BCUT2D eigenvalue weighted by Gasteiger charge is 2.65. The molecule has 2 aliphatic rings. The van der Waals surface area contributed by atoms with Crippen LogP contribution in [-0.2, 0) is 28.6 Å². The van der Waals surface area contributed by atoms with Crippen LogP contribution in [0.5, 0.6) is 0 Å². The van der Waals surface area contributed by atoms with E-state index in [1.165, 1.54) is 0 Å². The molecule has 6 atom stereocenters. The average Bonchev–Trinajstić information content (AvgIpc) is 3.22. The summed E-state index contributed by atoms with van der Waals surface area (Å²) < 4.78 is 17.6. The van der Waals surface area contributed by atoms with Gasteiger partial charge in [0.25, 0.3) is 0 Å². The summed E-state index contributed by atoms with van der Waals surface area (Å²) in [7, 11) is 0. The smallest absolute Gasteiger partial charge is 0.312 e. The highest BCUT2D eigenvalue weighted by Crippen LogP contribution is 2.61. The summed E-state index contributed by atoms with van der Waals surface area (Å²) in [6.45, 7) is 14.1. The minimum Gasteiger partial charge on any atom is -0.465 e. The van der Waals surface area contributed by atoms with E-state index >= 15 is 0 Å². The predicted octanol–water partition coefficient (Wildman–Crippen LogP) is 8.05. The topological polar surface area (TPSA) is 78.9 Å². The van der Waals surface area contributed by atoms with Crippen molar-refractivity contribution in [1.82, 2.24) is 0 Å². The fraction of sp³-hybridized carbons (Fsp3) is 0.909. The van der Waals surface area contributed by atoms with Crippen molar-refractivity contribution >= 4 is 17.9 Å². The molecule has 0 bridgehead atoms. The van der Waals surface area contributed by atoms with Crippen molar-refractivity contribution in [3.8, 4) is 0 Å². The number of carbonyl (C=O) groups is 3. The third-order valence-electron chi connectivity index (χ3n) is 10.1. The fourth-order valence-corrected chi connectivity index (χ4v) is 6.97. The maximum Gasteiger partial charge on any atom is 0.312 e. The van der Waals surface area contributed by atoms with Crippen LogP contribution in [0.3, 0.4) is 0 Å². The quantitative estimate of drug-likeness (QED) is 0.127. The fourth-order valence-electron chi connectivity index (χ4n) is 6.97. The van der Waals surface area contributed by atoms with Crippen LogP contribution in [0, 0.1) is 34.5 Å². The predicted molar refractivity (Wildman–Crippen MR) is 155 cm³/mol. The zero-order valence-electron chi connectivity index (χ0n) is 26.0. The molecule has 1 saturated heterocycles. The van der Waals surface area contributed by atoms with Gasteiger partial charge in [-0.25, -0.2) is 0 Å². The molecule has 1 spiro atoms. The maximum atomic E-state index is 13.7. The van der Waals surface area contributed by atoms with Gasteiger partial charge in [0, 0.05) is 5.41 Å². The van der Waals surface area contributed by atoms with Crippen LogP contribution in [0.1, 0.15) is 138 Å². The molecular formula is C33H58O6. The molecule has 0 N–H and O–H groups in total. The van der Waals surface area contributed by atoms with Crippen LogP contribution in [-0.4, -0.2) is 37.7 Å². The number of cyclic esters (lactones) is 1. The van der Waals surface area contributed by atoms with Crippen LogP contribution in [0.4, 0.5) is 0 Å². The lowest BCUT2D eigenvalue weighted by atomic mass is 9.52. The van der Waals surface area contributed by atoms with Crippen molar-refractivity contribution in [2.24, 2.45) is 34.5 Å². The molecule has 1 aliphatic carbocycles. The van der Waals surface area contributed by atoms with E-state index in [4.69, 9.17) is 14.2 Å². The second-order valence-electron chi connectivity index (χ2n) is 12.4. The molecule has 0 amide bonds. The number of ether oxygens (including phenoxy) is 3. The Labute approximate surface area is 238 Å². The van der Waals surface area contributed by atoms with E-state index in [9.17, 15) is 14.4 Å². The Morgan fingerprint density at radius 1 is 0.846 bits per heavy atom. The van der Waals surface area contributed by atoms with E-state index in [1.807, 2.05) is 0 Å². The van der Waals surface area contributed by atoms with Crippen LogP contribution >= 0.6 is 0 Å². The van der Waals surface area contributed by atoms with E-state index in [0.717, 1.165) is 77.0 Å². The van der Waals surface area contributed by atoms with Crippen molar-refractivity contribution in [2.75, 3.05) is 19.8 Å². The molecule has 2 fully saturated rings. The minimum absolute atomic E-state index is 0.190. The lowest BCUT2D eigenvalue weighted by Crippen LogP contribution is -2.51. The summed E-state index contributed by atoms with van der Waals surface area (Å²) in [6.07, 6.45) is 13.5. The van der Waals surface area contributed by atoms with Crippen molar-refractivity contribution in [3.63, 3.8) is 0 Å². The molecule has 39 heavy (non-hydrogen) atoms. The summed E-state index contributed by atoms with van der Waals surface area (Å²) >= 11 is 0. The first-order chi connectivity index (χ1) is 18.8. The monoisotopic (exact) mass is 550 g/mol. The summed E-state index contributed by atoms with van der Waals surface area (Å²) in [6, 6.07) is 0. The summed E-state index contributed by atoms with van der Waals surface area (Å²) in [5.41, 5.74) is -1.04. The van der Waals surface area contributed by atoms with Crippen LogP contribution in [0.25, 0.3) is 0 Å². The average molecular weight is 551 g/mol. The van der Waals surface area contributed by atoms with E-state index in [1.54, 1.807) is 0 Å². The Morgan fingerprint density at radius 3 is 1.87 bits per heavy atom. The molecule has 1 heterocycles. The van der Waals surface area contributed by atoms with Gasteiger partial charge in [0.2, 0.25) is 0 Å². The molecule has 2 rings (SSSR count). The maximum absolute atomic E-state index is 13.7. The van der Waals surface area contributed by atoms with Crippen molar-refractivity contribution in [1.29, 1.82) is 0 Å². The Balaban J connectivity index is 2.28. The number of rotatable bonds is 18. The number of carbonyl (C=O) groups excluding carboxylic acids is 3. The van der Waals surface area contributed by atoms with Crippen LogP contribution in [0.15, 0.2) is 0 Å². The standard InChI is InChI=1S/C33H58O6/c1-7-13-16-25(10-4)22-37-29(34)27-18-20-33(31(36)39-24-32(33,12-6)19-15-9-3)21-28(27)30(35)38-23-26(11-5)17-14-8-2/h25-28H,7-24H2,1-6H3. The first-order valence-corrected chi connectivity index (χ1v) is 16.3. The normalized spacial score (nSPS) is 28.2. The summed E-state index contributed by atoms with van der Waals surface area (Å²) in [5.74, 6) is -1.43. The van der Waals surface area contributed by atoms with Gasteiger partial charge < -0.3 is 14.2 Å². The number of hydrogen-bond donors (Lipinski definition) is 0. The molecule has 0 aromatic heterocycles. The van der Waals surface area contributed by atoms with Gasteiger partial charge in [0.05, 0.1) is 37.1 Å². The van der Waals surface area contributed by atoms with E-state index in [0.29, 0.717) is 50.9 Å². The largest absolute Gasteiger partial charge is 0.465 e. The van der Waals surface area contributed by atoms with E-state index in [2.05, 4.69) is 41.5 Å². The Hall–Kier alpha value is -1.59. The summed E-state index contributed by atoms with van der Waals surface area (Å²) in [4.78, 5) is 40.6. The second-order valence-corrected chi connectivity index (χ2v) is 12.4. The third kappa shape index (κ3) is 8.22. The van der Waals surface area contributed by atoms with Gasteiger partial charge in [0.1, 0.15) is 0 Å². The Bertz CT molecular complexity index is 765. The van der Waals surface area contributed by atoms with Crippen molar-refractivity contribution in [2.45, 2.75) is 138 Å². The van der Waals surface area contributed by atoms with E-state index in [-0.39, 0.29) is 23.3 Å². The number of unbranched alkanes of at least 4 members (excludes halogenated alkanes) is 3. The minimum atomic E-state index is -0.739. The molecule has 0 aromatic rings. The lowest BCUT2D eigenvalue weighted by molar-refractivity contribution is -0.172. The third-order valence-corrected chi connectivity index (χ3v) is 10.1. The first-order valence-electron chi connectivity index (χ1n) is 16.3. The molecule has 0 radical (unpaired) electrons. The highest BCUT2D eigenvalue weighted by atomic mass is 16.5. The lowest BCUT2D eigenvalue weighted by Gasteiger charge is -2.47. The van der Waals surface area contributed by atoms with Crippen molar-refractivity contribution < 1.29 is 28.6 Å². The zero-order valence-corrected chi connectivity index (χ0v) is 26.0. The Kier molecular flexibility index (Phi) is 14.3.